The van der Waals surface area contributed by atoms with Gasteiger partial charge in [0, 0.05) is 50.8 Å². The molecule has 7 nitrogen and oxygen atoms in total. The molecule has 0 spiro atoms. The number of aromatic nitrogens is 2. The van der Waals surface area contributed by atoms with E-state index >= 15 is 0 Å². The number of nitrogens with zero attached hydrogens (tertiary/aromatic N) is 4. The van der Waals surface area contributed by atoms with Crippen molar-refractivity contribution >= 4 is 39.0 Å². The van der Waals surface area contributed by atoms with Crippen molar-refractivity contribution in [2.24, 2.45) is 0 Å². The first-order chi connectivity index (χ1) is 15.2. The molecule has 2 amide bonds. The SMILES string of the molecule is CN1CCN(Cc2cc(NC(=O)Nc3ccc(Br)n4ccnc34)cc(C(F)(F)F)c2)CC1. The number of carbonyl (C=O) groups excluding carboxylic acids is 1. The molecule has 0 saturated carbocycles. The molecule has 2 aromatic heterocycles. The number of carbonyl (C=O) groups is 1. The van der Waals surface area contributed by atoms with Gasteiger partial charge in [0.2, 0.25) is 0 Å². The summed E-state index contributed by atoms with van der Waals surface area (Å²) in [7, 11) is 2.02. The monoisotopic (exact) mass is 510 g/mol. The van der Waals surface area contributed by atoms with Crippen molar-refractivity contribution in [1.29, 1.82) is 0 Å². The normalized spacial score (nSPS) is 15.8. The summed E-state index contributed by atoms with van der Waals surface area (Å²) >= 11 is 3.39. The maximum atomic E-state index is 13.5. The average Bonchev–Trinajstić information content (AvgIpc) is 3.22. The third kappa shape index (κ3) is 5.22. The van der Waals surface area contributed by atoms with Gasteiger partial charge in [-0.25, -0.2) is 9.78 Å². The van der Waals surface area contributed by atoms with Crippen LogP contribution in [0.1, 0.15) is 11.1 Å². The van der Waals surface area contributed by atoms with Crippen LogP contribution in [0.3, 0.4) is 0 Å². The van der Waals surface area contributed by atoms with Gasteiger partial charge in [-0.05, 0) is 58.9 Å². The van der Waals surface area contributed by atoms with Gasteiger partial charge in [0.05, 0.1) is 15.9 Å². The molecule has 1 fully saturated rings. The van der Waals surface area contributed by atoms with E-state index in [0.717, 1.165) is 42.9 Å². The lowest BCUT2D eigenvalue weighted by molar-refractivity contribution is -0.137. The number of fused-ring (bicyclic) bond motifs is 1. The van der Waals surface area contributed by atoms with Crippen molar-refractivity contribution in [3.63, 3.8) is 0 Å². The van der Waals surface area contributed by atoms with Gasteiger partial charge in [-0.3, -0.25) is 9.30 Å². The van der Waals surface area contributed by atoms with Gasteiger partial charge in [0.1, 0.15) is 0 Å². The number of hydrogen-bond donors (Lipinski definition) is 2. The van der Waals surface area contributed by atoms with Crippen LogP contribution in [0.25, 0.3) is 5.65 Å². The summed E-state index contributed by atoms with van der Waals surface area (Å²) in [4.78, 5) is 21.1. The predicted molar refractivity (Wildman–Crippen MR) is 120 cm³/mol. The van der Waals surface area contributed by atoms with Crippen molar-refractivity contribution in [2.45, 2.75) is 12.7 Å². The number of rotatable bonds is 4. The lowest BCUT2D eigenvalue weighted by Gasteiger charge is -2.32. The highest BCUT2D eigenvalue weighted by molar-refractivity contribution is 9.10. The lowest BCUT2D eigenvalue weighted by Crippen LogP contribution is -2.43. The molecule has 1 aliphatic rings. The summed E-state index contributed by atoms with van der Waals surface area (Å²) < 4.78 is 42.9. The first-order valence-corrected chi connectivity index (χ1v) is 10.8. The number of hydrogen-bond acceptors (Lipinski definition) is 4. The number of alkyl halides is 3. The Balaban J connectivity index is 1.53. The fourth-order valence-electron chi connectivity index (χ4n) is 3.65. The highest BCUT2D eigenvalue weighted by atomic mass is 79.9. The molecule has 1 saturated heterocycles. The Hall–Kier alpha value is -2.63. The van der Waals surface area contributed by atoms with Crippen LogP contribution in [0.5, 0.6) is 0 Å². The largest absolute Gasteiger partial charge is 0.416 e. The number of likely N-dealkylation sites (N-methyl/N-ethyl adjacent to an activating group) is 1. The fraction of sp³-hybridized carbons (Fsp3) is 0.333. The molecule has 11 heteroatoms. The summed E-state index contributed by atoms with van der Waals surface area (Å²) in [6.45, 7) is 3.67. The van der Waals surface area contributed by atoms with E-state index in [9.17, 15) is 18.0 Å². The number of nitrogens with one attached hydrogen (secondary N) is 2. The molecule has 2 N–H and O–H groups in total. The Labute approximate surface area is 191 Å². The van der Waals surface area contributed by atoms with Crippen molar-refractivity contribution in [2.75, 3.05) is 43.9 Å². The van der Waals surface area contributed by atoms with Gasteiger partial charge in [-0.15, -0.1) is 0 Å². The smallest absolute Gasteiger partial charge is 0.308 e. The molecule has 4 rings (SSSR count). The molecule has 1 aliphatic heterocycles. The summed E-state index contributed by atoms with van der Waals surface area (Å²) in [6, 6.07) is 6.42. The topological polar surface area (TPSA) is 64.9 Å². The Bertz CT molecular complexity index is 1120. The minimum atomic E-state index is -4.52. The van der Waals surface area contributed by atoms with Crippen LogP contribution in [-0.2, 0) is 12.7 Å². The molecular weight excluding hydrogens is 489 g/mol. The van der Waals surface area contributed by atoms with Crippen LogP contribution < -0.4 is 10.6 Å². The van der Waals surface area contributed by atoms with E-state index in [1.54, 1.807) is 35.0 Å². The summed E-state index contributed by atoms with van der Waals surface area (Å²) in [5, 5.41) is 5.19. The van der Waals surface area contributed by atoms with E-state index in [0.29, 0.717) is 23.4 Å². The van der Waals surface area contributed by atoms with Crippen LogP contribution in [-0.4, -0.2) is 58.4 Å². The second-order valence-corrected chi connectivity index (χ2v) is 8.58. The number of imidazole rings is 1. The Morgan fingerprint density at radius 1 is 1.12 bits per heavy atom. The van der Waals surface area contributed by atoms with Crippen LogP contribution in [0, 0.1) is 0 Å². The van der Waals surface area contributed by atoms with Crippen molar-refractivity contribution < 1.29 is 18.0 Å². The minimum absolute atomic E-state index is 0.0814. The van der Waals surface area contributed by atoms with Crippen LogP contribution in [0.15, 0.2) is 47.3 Å². The average molecular weight is 511 g/mol. The zero-order valence-corrected chi connectivity index (χ0v) is 18.9. The van der Waals surface area contributed by atoms with Gasteiger partial charge in [0.25, 0.3) is 0 Å². The number of benzene rings is 1. The quantitative estimate of drug-likeness (QED) is 0.507. The van der Waals surface area contributed by atoms with Crippen molar-refractivity contribution in [3.05, 3.63) is 58.5 Å². The first-order valence-electron chi connectivity index (χ1n) is 10.0. The van der Waals surface area contributed by atoms with Crippen molar-refractivity contribution in [1.82, 2.24) is 19.2 Å². The predicted octanol–water partition coefficient (Wildman–Crippen LogP) is 4.51. The summed E-state index contributed by atoms with van der Waals surface area (Å²) in [6.07, 6.45) is -1.21. The summed E-state index contributed by atoms with van der Waals surface area (Å²) in [5.74, 6) is 0. The van der Waals surface area contributed by atoms with Crippen LogP contribution >= 0.6 is 15.9 Å². The molecule has 3 aromatic rings. The maximum absolute atomic E-state index is 13.5. The zero-order valence-electron chi connectivity index (χ0n) is 17.3. The molecular formula is C21H22BrF3N6O. The second-order valence-electron chi connectivity index (χ2n) is 7.77. The summed E-state index contributed by atoms with van der Waals surface area (Å²) in [5.41, 5.74) is 0.727. The van der Waals surface area contributed by atoms with Crippen LogP contribution in [0.2, 0.25) is 0 Å². The highest BCUT2D eigenvalue weighted by Gasteiger charge is 2.31. The molecule has 170 valence electrons. The molecule has 0 unspecified atom stereocenters. The first kappa shape index (κ1) is 22.6. The maximum Gasteiger partial charge on any atom is 0.416 e. The van der Waals surface area contributed by atoms with E-state index in [1.165, 1.54) is 0 Å². The molecule has 32 heavy (non-hydrogen) atoms. The molecule has 0 bridgehead atoms. The van der Waals surface area contributed by atoms with Crippen LogP contribution in [0.4, 0.5) is 29.3 Å². The molecule has 3 heterocycles. The Morgan fingerprint density at radius 2 is 1.88 bits per heavy atom. The van der Waals surface area contributed by atoms with Gasteiger partial charge in [-0.2, -0.15) is 13.2 Å². The zero-order chi connectivity index (χ0) is 22.9. The van der Waals surface area contributed by atoms with E-state index in [1.807, 2.05) is 7.05 Å². The number of pyridine rings is 1. The van der Waals surface area contributed by atoms with E-state index in [4.69, 9.17) is 0 Å². The third-order valence-electron chi connectivity index (χ3n) is 5.33. The number of amides is 2. The fourth-order valence-corrected chi connectivity index (χ4v) is 4.07. The Kier molecular flexibility index (Phi) is 6.40. The molecule has 1 aromatic carbocycles. The van der Waals surface area contributed by atoms with Gasteiger partial charge < -0.3 is 15.5 Å². The number of urea groups is 1. The number of anilines is 2. The van der Waals surface area contributed by atoms with E-state index in [2.05, 4.69) is 41.3 Å². The van der Waals surface area contributed by atoms with E-state index in [-0.39, 0.29) is 5.69 Å². The van der Waals surface area contributed by atoms with E-state index < -0.39 is 17.8 Å². The molecule has 0 atom stereocenters. The van der Waals surface area contributed by atoms with Gasteiger partial charge in [0.15, 0.2) is 5.65 Å². The lowest BCUT2D eigenvalue weighted by atomic mass is 10.1. The highest BCUT2D eigenvalue weighted by Crippen LogP contribution is 2.32. The minimum Gasteiger partial charge on any atom is -0.308 e. The van der Waals surface area contributed by atoms with Gasteiger partial charge in [-0.1, -0.05) is 0 Å². The molecule has 0 radical (unpaired) electrons. The van der Waals surface area contributed by atoms with Crippen molar-refractivity contribution in [3.8, 4) is 0 Å². The molecule has 0 aliphatic carbocycles. The number of halogens is 4. The second kappa shape index (κ2) is 9.08. The third-order valence-corrected chi connectivity index (χ3v) is 5.97. The number of piperazine rings is 1. The van der Waals surface area contributed by atoms with Gasteiger partial charge >= 0.3 is 12.2 Å². The Morgan fingerprint density at radius 3 is 2.59 bits per heavy atom. The standard InChI is InChI=1S/C21H22BrF3N6O/c1-29-6-8-30(9-7-29)13-14-10-15(21(23,24)25)12-16(11-14)27-20(32)28-17-2-3-18(22)31-5-4-26-19(17)31/h2-5,10-12H,6-9,13H2,1H3,(H2,27,28,32).